The fraction of sp³-hybridized carbons (Fsp3) is 0.227. The molecule has 27 heavy (non-hydrogen) atoms. The number of halogens is 1. The van der Waals surface area contributed by atoms with Crippen LogP contribution in [-0.4, -0.2) is 19.6 Å². The number of aliphatic imine (C=N–C) groups is 1. The molecule has 0 saturated carbocycles. The first-order chi connectivity index (χ1) is 12.8. The Hall–Kier alpha value is -2.28. The van der Waals surface area contributed by atoms with Gasteiger partial charge in [-0.3, -0.25) is 4.99 Å². The van der Waals surface area contributed by atoms with Crippen LogP contribution in [0.2, 0.25) is 0 Å². The minimum atomic E-state index is 0. The minimum Gasteiger partial charge on any atom is -0.493 e. The summed E-state index contributed by atoms with van der Waals surface area (Å²) in [5, 5.41) is 9.52. The number of hydrogen-bond donors (Lipinski definition) is 2. The summed E-state index contributed by atoms with van der Waals surface area (Å²) in [4.78, 5) is 4.40. The summed E-state index contributed by atoms with van der Waals surface area (Å²) in [5.74, 6) is 1.76. The zero-order chi connectivity index (χ0) is 17.8. The molecule has 0 fully saturated rings. The number of nitrogens with zero attached hydrogens (tertiary/aromatic N) is 1. The smallest absolute Gasteiger partial charge is 0.191 e. The molecule has 4 rings (SSSR count). The van der Waals surface area contributed by atoms with Crippen LogP contribution in [0.15, 0.2) is 71.7 Å². The van der Waals surface area contributed by atoms with Crippen molar-refractivity contribution in [2.24, 2.45) is 4.99 Å². The van der Waals surface area contributed by atoms with Crippen LogP contribution in [0.5, 0.6) is 5.75 Å². The normalized spacial score (nSPS) is 16.0. The molecule has 1 unspecified atom stereocenters. The Balaban J connectivity index is 0.00000210. The van der Waals surface area contributed by atoms with E-state index in [9.17, 15) is 0 Å². The van der Waals surface area contributed by atoms with Gasteiger partial charge in [-0.25, -0.2) is 0 Å². The quantitative estimate of drug-likeness (QED) is 0.331. The molecule has 0 aliphatic carbocycles. The van der Waals surface area contributed by atoms with Gasteiger partial charge >= 0.3 is 0 Å². The van der Waals surface area contributed by atoms with Gasteiger partial charge in [0, 0.05) is 25.6 Å². The van der Waals surface area contributed by atoms with E-state index in [0.29, 0.717) is 0 Å². The third-order valence-electron chi connectivity index (χ3n) is 4.82. The van der Waals surface area contributed by atoms with Crippen LogP contribution in [0.4, 0.5) is 0 Å². The molecule has 0 radical (unpaired) electrons. The van der Waals surface area contributed by atoms with Crippen molar-refractivity contribution in [2.45, 2.75) is 19.0 Å². The fourth-order valence-electron chi connectivity index (χ4n) is 3.48. The Kier molecular flexibility index (Phi) is 6.55. The predicted molar refractivity (Wildman–Crippen MR) is 122 cm³/mol. The number of rotatable bonds is 3. The lowest BCUT2D eigenvalue weighted by atomic mass is 10.0. The van der Waals surface area contributed by atoms with Crippen molar-refractivity contribution in [3.05, 3.63) is 77.9 Å². The summed E-state index contributed by atoms with van der Waals surface area (Å²) in [7, 11) is 1.81. The molecule has 0 aromatic heterocycles. The monoisotopic (exact) mass is 473 g/mol. The zero-order valence-electron chi connectivity index (χ0n) is 15.3. The van der Waals surface area contributed by atoms with Crippen molar-refractivity contribution in [3.63, 3.8) is 0 Å². The highest BCUT2D eigenvalue weighted by atomic mass is 127. The fourth-order valence-corrected chi connectivity index (χ4v) is 3.48. The molecule has 0 spiro atoms. The lowest BCUT2D eigenvalue weighted by Gasteiger charge is -2.28. The van der Waals surface area contributed by atoms with Crippen molar-refractivity contribution < 1.29 is 4.74 Å². The molecule has 0 saturated heterocycles. The lowest BCUT2D eigenvalue weighted by Crippen LogP contribution is -2.40. The number of nitrogens with one attached hydrogen (secondary N) is 2. The Bertz CT molecular complexity index is 936. The van der Waals surface area contributed by atoms with Crippen LogP contribution in [0.3, 0.4) is 0 Å². The van der Waals surface area contributed by atoms with E-state index < -0.39 is 0 Å². The number of para-hydroxylation sites is 1. The summed E-state index contributed by atoms with van der Waals surface area (Å²) < 4.78 is 5.75. The van der Waals surface area contributed by atoms with E-state index in [1.807, 2.05) is 19.2 Å². The van der Waals surface area contributed by atoms with Gasteiger partial charge in [0.05, 0.1) is 12.6 Å². The van der Waals surface area contributed by atoms with E-state index in [1.165, 1.54) is 21.9 Å². The van der Waals surface area contributed by atoms with Gasteiger partial charge in [0.1, 0.15) is 5.75 Å². The van der Waals surface area contributed by atoms with Gasteiger partial charge in [0.2, 0.25) is 0 Å². The average Bonchev–Trinajstić information content (AvgIpc) is 2.71. The molecule has 4 nitrogen and oxygen atoms in total. The summed E-state index contributed by atoms with van der Waals surface area (Å²) in [6.07, 6.45) is 0.923. The number of hydrogen-bond acceptors (Lipinski definition) is 2. The minimum absolute atomic E-state index is 0. The number of fused-ring (bicyclic) bond motifs is 2. The molecule has 0 bridgehead atoms. The van der Waals surface area contributed by atoms with Gasteiger partial charge in [-0.05, 0) is 22.4 Å². The Labute approximate surface area is 177 Å². The van der Waals surface area contributed by atoms with E-state index in [-0.39, 0.29) is 30.0 Å². The molecule has 0 amide bonds. The van der Waals surface area contributed by atoms with E-state index in [0.717, 1.165) is 31.3 Å². The van der Waals surface area contributed by atoms with Crippen molar-refractivity contribution in [1.29, 1.82) is 0 Å². The number of benzene rings is 3. The molecule has 1 heterocycles. The molecule has 3 aromatic rings. The third-order valence-corrected chi connectivity index (χ3v) is 4.82. The van der Waals surface area contributed by atoms with Crippen LogP contribution in [-0.2, 0) is 6.54 Å². The maximum absolute atomic E-state index is 5.75. The molecule has 5 heteroatoms. The first-order valence-electron chi connectivity index (χ1n) is 9.01. The number of guanidine groups is 1. The van der Waals surface area contributed by atoms with E-state index in [2.05, 4.69) is 70.2 Å². The highest BCUT2D eigenvalue weighted by Crippen LogP contribution is 2.31. The van der Waals surface area contributed by atoms with Gasteiger partial charge < -0.3 is 15.4 Å². The summed E-state index contributed by atoms with van der Waals surface area (Å²) in [5.41, 5.74) is 2.45. The van der Waals surface area contributed by atoms with E-state index in [4.69, 9.17) is 4.74 Å². The summed E-state index contributed by atoms with van der Waals surface area (Å²) in [6, 6.07) is 23.3. The first kappa shape index (κ1) is 19.5. The van der Waals surface area contributed by atoms with Crippen LogP contribution >= 0.6 is 24.0 Å². The molecule has 2 N–H and O–H groups in total. The molecule has 1 aliphatic heterocycles. The second-order valence-corrected chi connectivity index (χ2v) is 6.44. The molecular formula is C22H24IN3O. The first-order valence-corrected chi connectivity index (χ1v) is 9.01. The Morgan fingerprint density at radius 3 is 2.70 bits per heavy atom. The molecule has 140 valence electrons. The SMILES string of the molecule is CN=C(NCc1cccc2ccccc12)NC1CCOc2ccccc21.I. The lowest BCUT2D eigenvalue weighted by molar-refractivity contribution is 0.261. The molecule has 3 aromatic carbocycles. The molecular weight excluding hydrogens is 449 g/mol. The molecule has 1 aliphatic rings. The standard InChI is InChI=1S/C22H23N3O.HI/c1-23-22(25-20-13-14-26-21-12-5-4-11-19(20)21)24-15-17-9-6-8-16-7-2-3-10-18(16)17;/h2-12,20H,13-15H2,1H3,(H2,23,24,25);1H. The molecule has 1 atom stereocenters. The van der Waals surface area contributed by atoms with Crippen molar-refractivity contribution in [3.8, 4) is 5.75 Å². The summed E-state index contributed by atoms with van der Waals surface area (Å²) in [6.45, 7) is 1.45. The zero-order valence-corrected chi connectivity index (χ0v) is 17.6. The Morgan fingerprint density at radius 1 is 1.04 bits per heavy atom. The second kappa shape index (κ2) is 9.08. The van der Waals surface area contributed by atoms with Crippen molar-refractivity contribution in [2.75, 3.05) is 13.7 Å². The van der Waals surface area contributed by atoms with E-state index in [1.54, 1.807) is 0 Å². The second-order valence-electron chi connectivity index (χ2n) is 6.44. The van der Waals surface area contributed by atoms with Gasteiger partial charge in [-0.1, -0.05) is 60.7 Å². The predicted octanol–water partition coefficient (Wildman–Crippen LogP) is 4.65. The third kappa shape index (κ3) is 4.35. The van der Waals surface area contributed by atoms with Crippen molar-refractivity contribution in [1.82, 2.24) is 10.6 Å². The van der Waals surface area contributed by atoms with Crippen molar-refractivity contribution >= 4 is 40.7 Å². The highest BCUT2D eigenvalue weighted by molar-refractivity contribution is 14.0. The van der Waals surface area contributed by atoms with Crippen LogP contribution in [0, 0.1) is 0 Å². The van der Waals surface area contributed by atoms with Crippen LogP contribution in [0.1, 0.15) is 23.6 Å². The van der Waals surface area contributed by atoms with Gasteiger partial charge in [-0.15, -0.1) is 24.0 Å². The van der Waals surface area contributed by atoms with Gasteiger partial charge in [0.25, 0.3) is 0 Å². The maximum Gasteiger partial charge on any atom is 0.191 e. The maximum atomic E-state index is 5.75. The van der Waals surface area contributed by atoms with Crippen LogP contribution < -0.4 is 15.4 Å². The summed E-state index contributed by atoms with van der Waals surface area (Å²) >= 11 is 0. The van der Waals surface area contributed by atoms with E-state index >= 15 is 0 Å². The average molecular weight is 473 g/mol. The van der Waals surface area contributed by atoms with Gasteiger partial charge in [0.15, 0.2) is 5.96 Å². The Morgan fingerprint density at radius 2 is 1.81 bits per heavy atom. The number of ether oxygens (including phenoxy) is 1. The van der Waals surface area contributed by atoms with Gasteiger partial charge in [-0.2, -0.15) is 0 Å². The topological polar surface area (TPSA) is 45.7 Å². The largest absolute Gasteiger partial charge is 0.493 e. The van der Waals surface area contributed by atoms with Crippen LogP contribution in [0.25, 0.3) is 10.8 Å². The highest BCUT2D eigenvalue weighted by Gasteiger charge is 2.21.